The van der Waals surface area contributed by atoms with E-state index in [9.17, 15) is 4.79 Å². The second kappa shape index (κ2) is 5.64. The topological polar surface area (TPSA) is 68.0 Å². The molecule has 0 saturated heterocycles. The molecule has 92 valence electrons. The van der Waals surface area contributed by atoms with Gasteiger partial charge in [-0.3, -0.25) is 4.79 Å². The van der Waals surface area contributed by atoms with E-state index in [-0.39, 0.29) is 5.91 Å². The summed E-state index contributed by atoms with van der Waals surface area (Å²) in [5.41, 5.74) is 7.12. The number of nitrogens with two attached hydrogens (primary N) is 1. The van der Waals surface area contributed by atoms with Gasteiger partial charge in [0.1, 0.15) is 5.82 Å². The molecule has 0 fully saturated rings. The molecule has 2 rings (SSSR count). The Bertz CT molecular complexity index is 522. The van der Waals surface area contributed by atoms with Crippen LogP contribution in [0, 0.1) is 0 Å². The lowest BCUT2D eigenvalue weighted by Crippen LogP contribution is -2.15. The first-order valence-electron chi connectivity index (χ1n) is 5.39. The number of hydrogen-bond acceptors (Lipinski definition) is 3. The highest BCUT2D eigenvalue weighted by Crippen LogP contribution is 2.13. The Morgan fingerprint density at radius 2 is 2.17 bits per heavy atom. The van der Waals surface area contributed by atoms with Gasteiger partial charge in [0.25, 0.3) is 0 Å². The molecular weight excluding hydrogens is 294 g/mol. The van der Waals surface area contributed by atoms with Gasteiger partial charge >= 0.3 is 0 Å². The number of amides is 1. The van der Waals surface area contributed by atoms with Gasteiger partial charge in [-0.05, 0) is 23.8 Å². The average Bonchev–Trinajstić information content (AvgIpc) is 2.28. The zero-order valence-corrected chi connectivity index (χ0v) is 11.1. The van der Waals surface area contributed by atoms with Crippen LogP contribution in [-0.4, -0.2) is 10.9 Å². The van der Waals surface area contributed by atoms with Crippen molar-refractivity contribution in [2.75, 3.05) is 11.1 Å². The minimum atomic E-state index is -0.119. The van der Waals surface area contributed by atoms with Crippen LogP contribution < -0.4 is 11.1 Å². The van der Waals surface area contributed by atoms with Crippen LogP contribution in [0.5, 0.6) is 0 Å². The van der Waals surface area contributed by atoms with Crippen LogP contribution in [0.25, 0.3) is 0 Å². The van der Waals surface area contributed by atoms with Crippen LogP contribution in [0.15, 0.2) is 47.1 Å². The third-order valence-corrected chi connectivity index (χ3v) is 2.80. The Labute approximate surface area is 113 Å². The molecule has 0 atom stereocenters. The van der Waals surface area contributed by atoms with E-state index in [4.69, 9.17) is 5.73 Å². The van der Waals surface area contributed by atoms with E-state index >= 15 is 0 Å². The average molecular weight is 306 g/mol. The number of carbonyl (C=O) groups is 1. The van der Waals surface area contributed by atoms with E-state index in [0.717, 1.165) is 10.0 Å². The van der Waals surface area contributed by atoms with E-state index in [1.807, 2.05) is 24.3 Å². The van der Waals surface area contributed by atoms with E-state index in [0.29, 0.717) is 17.9 Å². The number of carbonyl (C=O) groups excluding carboxylic acids is 1. The smallest absolute Gasteiger partial charge is 0.229 e. The zero-order valence-electron chi connectivity index (χ0n) is 9.56. The number of aromatic nitrogens is 1. The number of halogens is 1. The van der Waals surface area contributed by atoms with Gasteiger partial charge in [0.15, 0.2) is 0 Å². The summed E-state index contributed by atoms with van der Waals surface area (Å²) in [4.78, 5) is 15.8. The fourth-order valence-electron chi connectivity index (χ4n) is 1.53. The number of rotatable bonds is 3. The molecule has 0 radical (unpaired) electrons. The highest BCUT2D eigenvalue weighted by molar-refractivity contribution is 9.10. The first-order chi connectivity index (χ1) is 8.63. The van der Waals surface area contributed by atoms with Crippen LogP contribution >= 0.6 is 15.9 Å². The van der Waals surface area contributed by atoms with Crippen molar-refractivity contribution in [3.63, 3.8) is 0 Å². The molecule has 0 unspecified atom stereocenters. The van der Waals surface area contributed by atoms with Gasteiger partial charge in [0.05, 0.1) is 6.42 Å². The molecule has 0 bridgehead atoms. The molecule has 0 spiro atoms. The van der Waals surface area contributed by atoms with Crippen LogP contribution in [0.1, 0.15) is 5.56 Å². The summed E-state index contributed by atoms with van der Waals surface area (Å²) in [6.07, 6.45) is 1.86. The van der Waals surface area contributed by atoms with Crippen LogP contribution in [-0.2, 0) is 11.2 Å². The van der Waals surface area contributed by atoms with Gasteiger partial charge < -0.3 is 11.1 Å². The van der Waals surface area contributed by atoms with Crippen molar-refractivity contribution < 1.29 is 4.79 Å². The monoisotopic (exact) mass is 305 g/mol. The van der Waals surface area contributed by atoms with Crippen molar-refractivity contribution >= 4 is 33.3 Å². The Morgan fingerprint density at radius 1 is 1.33 bits per heavy atom. The lowest BCUT2D eigenvalue weighted by molar-refractivity contribution is -0.115. The summed E-state index contributed by atoms with van der Waals surface area (Å²) < 4.78 is 0.954. The normalized spacial score (nSPS) is 10.1. The predicted octanol–water partition coefficient (Wildman–Crippen LogP) is 2.61. The molecule has 18 heavy (non-hydrogen) atoms. The van der Waals surface area contributed by atoms with Gasteiger partial charge in [-0.15, -0.1) is 0 Å². The van der Waals surface area contributed by atoms with Crippen molar-refractivity contribution in [2.45, 2.75) is 6.42 Å². The first-order valence-corrected chi connectivity index (χ1v) is 6.18. The third kappa shape index (κ3) is 3.56. The number of anilines is 2. The Kier molecular flexibility index (Phi) is 3.94. The highest BCUT2D eigenvalue weighted by Gasteiger charge is 2.05. The van der Waals surface area contributed by atoms with Crippen molar-refractivity contribution in [2.24, 2.45) is 0 Å². The molecule has 1 aromatic heterocycles. The fourth-order valence-corrected chi connectivity index (χ4v) is 1.98. The van der Waals surface area contributed by atoms with E-state index < -0.39 is 0 Å². The van der Waals surface area contributed by atoms with Crippen molar-refractivity contribution in [3.05, 3.63) is 52.6 Å². The molecule has 0 aliphatic carbocycles. The maximum atomic E-state index is 11.8. The largest absolute Gasteiger partial charge is 0.399 e. The van der Waals surface area contributed by atoms with Gasteiger partial charge in [0.2, 0.25) is 5.91 Å². The van der Waals surface area contributed by atoms with Crippen molar-refractivity contribution in [3.8, 4) is 0 Å². The molecule has 4 nitrogen and oxygen atoms in total. The Hall–Kier alpha value is -1.88. The molecule has 1 heterocycles. The van der Waals surface area contributed by atoms with Gasteiger partial charge in [-0.2, -0.15) is 0 Å². The van der Waals surface area contributed by atoms with Crippen molar-refractivity contribution in [1.29, 1.82) is 0 Å². The molecule has 1 amide bonds. The molecule has 0 aliphatic heterocycles. The second-order valence-electron chi connectivity index (χ2n) is 3.83. The van der Waals surface area contributed by atoms with E-state index in [1.165, 1.54) is 0 Å². The standard InChI is InChI=1S/C13H12BrN3O/c14-10-3-1-2-9(6-10)7-13(18)17-12-8-11(15)4-5-16-12/h1-6,8H,7H2,(H3,15,16,17,18). The second-order valence-corrected chi connectivity index (χ2v) is 4.74. The maximum Gasteiger partial charge on any atom is 0.229 e. The van der Waals surface area contributed by atoms with E-state index in [2.05, 4.69) is 26.2 Å². The SMILES string of the molecule is Nc1ccnc(NC(=O)Cc2cccc(Br)c2)c1. The third-order valence-electron chi connectivity index (χ3n) is 2.31. The van der Waals surface area contributed by atoms with Crippen LogP contribution in [0.2, 0.25) is 0 Å². The Balaban J connectivity index is 2.01. The van der Waals surface area contributed by atoms with Gasteiger partial charge in [-0.1, -0.05) is 28.1 Å². The summed E-state index contributed by atoms with van der Waals surface area (Å²) >= 11 is 3.37. The van der Waals surface area contributed by atoms with Crippen molar-refractivity contribution in [1.82, 2.24) is 4.98 Å². The summed E-state index contributed by atoms with van der Waals surface area (Å²) in [6.45, 7) is 0. The number of hydrogen-bond donors (Lipinski definition) is 2. The number of nitrogen functional groups attached to an aromatic ring is 1. The molecular formula is C13H12BrN3O. The van der Waals surface area contributed by atoms with Gasteiger partial charge in [-0.25, -0.2) is 4.98 Å². The quantitative estimate of drug-likeness (QED) is 0.916. The molecule has 5 heteroatoms. The summed E-state index contributed by atoms with van der Waals surface area (Å²) in [5.74, 6) is 0.348. The summed E-state index contributed by atoms with van der Waals surface area (Å²) in [6, 6.07) is 10.9. The minimum absolute atomic E-state index is 0.119. The highest BCUT2D eigenvalue weighted by atomic mass is 79.9. The molecule has 1 aromatic carbocycles. The van der Waals surface area contributed by atoms with E-state index in [1.54, 1.807) is 18.3 Å². The predicted molar refractivity (Wildman–Crippen MR) is 75.1 cm³/mol. The number of nitrogens with zero attached hydrogens (tertiary/aromatic N) is 1. The molecule has 0 saturated carbocycles. The molecule has 3 N–H and O–H groups in total. The Morgan fingerprint density at radius 3 is 2.89 bits per heavy atom. The molecule has 2 aromatic rings. The van der Waals surface area contributed by atoms with Gasteiger partial charge in [0, 0.05) is 22.4 Å². The fraction of sp³-hybridized carbons (Fsp3) is 0.0769. The lowest BCUT2D eigenvalue weighted by atomic mass is 10.1. The zero-order chi connectivity index (χ0) is 13.0. The van der Waals surface area contributed by atoms with Crippen LogP contribution in [0.4, 0.5) is 11.5 Å². The number of benzene rings is 1. The lowest BCUT2D eigenvalue weighted by Gasteiger charge is -2.05. The molecule has 0 aliphatic rings. The number of nitrogens with one attached hydrogen (secondary N) is 1. The number of pyridine rings is 1. The maximum absolute atomic E-state index is 11.8. The van der Waals surface area contributed by atoms with Crippen LogP contribution in [0.3, 0.4) is 0 Å². The summed E-state index contributed by atoms with van der Waals surface area (Å²) in [5, 5.41) is 2.71. The minimum Gasteiger partial charge on any atom is -0.399 e. The first kappa shape index (κ1) is 12.6. The summed E-state index contributed by atoms with van der Waals surface area (Å²) in [7, 11) is 0.